The zero-order valence-corrected chi connectivity index (χ0v) is 11.7. The number of carbonyl (C=O) groups excluding carboxylic acids is 1. The number of hydrogen-bond donors (Lipinski definition) is 1. The summed E-state index contributed by atoms with van der Waals surface area (Å²) >= 11 is 1.58. The highest BCUT2D eigenvalue weighted by Gasteiger charge is 2.61. The molecule has 1 aliphatic heterocycles. The first-order valence-electron chi connectivity index (χ1n) is 7.08. The summed E-state index contributed by atoms with van der Waals surface area (Å²) in [6, 6.07) is 0.464. The lowest BCUT2D eigenvalue weighted by Gasteiger charge is -2.26. The molecule has 1 aromatic heterocycles. The zero-order chi connectivity index (χ0) is 12.9. The highest BCUT2D eigenvalue weighted by Crippen LogP contribution is 2.59. The molecule has 102 valence electrons. The molecule has 3 aliphatic rings. The van der Waals surface area contributed by atoms with Crippen molar-refractivity contribution in [1.29, 1.82) is 0 Å². The number of hydrogen-bond acceptors (Lipinski definition) is 5. The van der Waals surface area contributed by atoms with Crippen molar-refractivity contribution in [3.8, 4) is 0 Å². The van der Waals surface area contributed by atoms with Gasteiger partial charge in [0, 0.05) is 30.5 Å². The van der Waals surface area contributed by atoms with Crippen LogP contribution in [0, 0.1) is 11.3 Å². The summed E-state index contributed by atoms with van der Waals surface area (Å²) in [6.45, 7) is 1.99. The minimum Gasteiger partial charge on any atom is -0.353 e. The molecule has 1 saturated heterocycles. The number of carbonyl (C=O) groups is 1. The molecule has 0 bridgehead atoms. The van der Waals surface area contributed by atoms with Crippen LogP contribution in [0.25, 0.3) is 0 Å². The molecular weight excluding hydrogens is 260 g/mol. The third-order valence-electron chi connectivity index (χ3n) is 4.96. The van der Waals surface area contributed by atoms with Crippen molar-refractivity contribution in [3.63, 3.8) is 0 Å². The number of anilines is 1. The number of amides is 1. The molecule has 0 aromatic carbocycles. The van der Waals surface area contributed by atoms with Gasteiger partial charge in [0.2, 0.25) is 11.0 Å². The van der Waals surface area contributed by atoms with E-state index in [4.69, 9.17) is 0 Å². The lowest BCUT2D eigenvalue weighted by Crippen LogP contribution is -2.41. The van der Waals surface area contributed by atoms with Crippen molar-refractivity contribution in [2.75, 3.05) is 18.0 Å². The first-order chi connectivity index (χ1) is 9.27. The quantitative estimate of drug-likeness (QED) is 0.908. The standard InChI is InChI=1S/C13H18N4OS/c18-11(15-9-2-1-3-9)10-6-13(10)4-5-17(7-13)12-16-14-8-19-12/h8-10H,1-7H2,(H,15,18)/t10-,13-/m0/s1. The maximum Gasteiger partial charge on any atom is 0.223 e. The van der Waals surface area contributed by atoms with Crippen LogP contribution in [0.2, 0.25) is 0 Å². The van der Waals surface area contributed by atoms with E-state index in [0.717, 1.165) is 31.1 Å². The fourth-order valence-corrected chi connectivity index (χ4v) is 3.98. The molecule has 1 spiro atoms. The van der Waals surface area contributed by atoms with Crippen LogP contribution in [0.15, 0.2) is 5.51 Å². The molecule has 1 aromatic rings. The van der Waals surface area contributed by atoms with Crippen LogP contribution in [0.4, 0.5) is 5.13 Å². The van der Waals surface area contributed by atoms with E-state index < -0.39 is 0 Å². The first-order valence-corrected chi connectivity index (χ1v) is 7.96. The van der Waals surface area contributed by atoms with Gasteiger partial charge >= 0.3 is 0 Å². The predicted octanol–water partition coefficient (Wildman–Crippen LogP) is 1.42. The predicted molar refractivity (Wildman–Crippen MR) is 73.1 cm³/mol. The zero-order valence-electron chi connectivity index (χ0n) is 10.8. The van der Waals surface area contributed by atoms with Gasteiger partial charge in [-0.1, -0.05) is 11.3 Å². The molecule has 2 atom stereocenters. The van der Waals surface area contributed by atoms with Gasteiger partial charge in [-0.3, -0.25) is 4.79 Å². The van der Waals surface area contributed by atoms with E-state index in [1.54, 1.807) is 16.8 Å². The summed E-state index contributed by atoms with van der Waals surface area (Å²) in [6.07, 6.45) is 5.78. The lowest BCUT2D eigenvalue weighted by molar-refractivity contribution is -0.124. The molecular formula is C13H18N4OS. The molecule has 0 unspecified atom stereocenters. The molecule has 2 saturated carbocycles. The Kier molecular flexibility index (Phi) is 2.55. The first kappa shape index (κ1) is 11.6. The van der Waals surface area contributed by atoms with E-state index in [-0.39, 0.29) is 11.3 Å². The van der Waals surface area contributed by atoms with Crippen LogP contribution < -0.4 is 10.2 Å². The largest absolute Gasteiger partial charge is 0.353 e. The number of nitrogens with zero attached hydrogens (tertiary/aromatic N) is 3. The van der Waals surface area contributed by atoms with Crippen LogP contribution in [0.5, 0.6) is 0 Å². The van der Waals surface area contributed by atoms with Crippen molar-refractivity contribution < 1.29 is 4.79 Å². The van der Waals surface area contributed by atoms with E-state index in [1.807, 2.05) is 0 Å². The van der Waals surface area contributed by atoms with Gasteiger partial charge < -0.3 is 10.2 Å². The van der Waals surface area contributed by atoms with Crippen LogP contribution >= 0.6 is 11.3 Å². The smallest absolute Gasteiger partial charge is 0.223 e. The Hall–Kier alpha value is -1.17. The van der Waals surface area contributed by atoms with E-state index in [1.165, 1.54) is 19.3 Å². The van der Waals surface area contributed by atoms with E-state index in [2.05, 4.69) is 20.4 Å². The van der Waals surface area contributed by atoms with Crippen molar-refractivity contribution >= 4 is 22.4 Å². The van der Waals surface area contributed by atoms with Gasteiger partial charge in [-0.2, -0.15) is 0 Å². The molecule has 6 heteroatoms. The molecule has 1 amide bonds. The summed E-state index contributed by atoms with van der Waals surface area (Å²) < 4.78 is 0. The number of nitrogens with one attached hydrogen (secondary N) is 1. The summed E-state index contributed by atoms with van der Waals surface area (Å²) in [7, 11) is 0. The van der Waals surface area contributed by atoms with Crippen molar-refractivity contribution in [2.45, 2.75) is 38.1 Å². The number of rotatable bonds is 3. The Morgan fingerprint density at radius 3 is 3.11 bits per heavy atom. The van der Waals surface area contributed by atoms with Gasteiger partial charge in [-0.15, -0.1) is 10.2 Å². The highest BCUT2D eigenvalue weighted by molar-refractivity contribution is 7.13. The molecule has 19 heavy (non-hydrogen) atoms. The topological polar surface area (TPSA) is 58.1 Å². The second-order valence-electron chi connectivity index (χ2n) is 6.15. The molecule has 5 nitrogen and oxygen atoms in total. The van der Waals surface area contributed by atoms with Crippen molar-refractivity contribution in [3.05, 3.63) is 5.51 Å². The highest BCUT2D eigenvalue weighted by atomic mass is 32.1. The second kappa shape index (κ2) is 4.16. The summed E-state index contributed by atoms with van der Waals surface area (Å²) in [5, 5.41) is 12.2. The van der Waals surface area contributed by atoms with Gasteiger partial charge in [0.1, 0.15) is 5.51 Å². The fourth-order valence-electron chi connectivity index (χ4n) is 3.39. The van der Waals surface area contributed by atoms with Gasteiger partial charge in [0.05, 0.1) is 0 Å². The van der Waals surface area contributed by atoms with Gasteiger partial charge in [0.25, 0.3) is 0 Å². The third kappa shape index (κ3) is 1.93. The molecule has 2 heterocycles. The maximum atomic E-state index is 12.2. The SMILES string of the molecule is O=C(NC1CCC1)[C@@H]1C[C@]12CCN(c1nncs1)C2. The Balaban J connectivity index is 1.37. The number of aromatic nitrogens is 2. The van der Waals surface area contributed by atoms with E-state index >= 15 is 0 Å². The van der Waals surface area contributed by atoms with Gasteiger partial charge in [-0.25, -0.2) is 0 Å². The Labute approximate surface area is 116 Å². The Morgan fingerprint density at radius 2 is 2.42 bits per heavy atom. The minimum absolute atomic E-state index is 0.236. The summed E-state index contributed by atoms with van der Waals surface area (Å²) in [4.78, 5) is 14.5. The van der Waals surface area contributed by atoms with E-state index in [9.17, 15) is 4.79 Å². The van der Waals surface area contributed by atoms with E-state index in [0.29, 0.717) is 11.9 Å². The summed E-state index contributed by atoms with van der Waals surface area (Å²) in [5.74, 6) is 0.537. The second-order valence-corrected chi connectivity index (χ2v) is 6.96. The molecule has 1 N–H and O–H groups in total. The van der Waals surface area contributed by atoms with Crippen LogP contribution in [0.3, 0.4) is 0 Å². The Bertz CT molecular complexity index is 487. The maximum absolute atomic E-state index is 12.2. The lowest BCUT2D eigenvalue weighted by atomic mass is 9.92. The fraction of sp³-hybridized carbons (Fsp3) is 0.769. The summed E-state index contributed by atoms with van der Waals surface area (Å²) in [5.41, 5.74) is 2.01. The molecule has 3 fully saturated rings. The third-order valence-corrected chi connectivity index (χ3v) is 5.71. The average molecular weight is 278 g/mol. The Morgan fingerprint density at radius 1 is 1.53 bits per heavy atom. The monoisotopic (exact) mass is 278 g/mol. The van der Waals surface area contributed by atoms with Crippen molar-refractivity contribution in [2.24, 2.45) is 11.3 Å². The molecule has 4 rings (SSSR count). The average Bonchev–Trinajstić information content (AvgIpc) is 2.76. The molecule has 2 aliphatic carbocycles. The van der Waals surface area contributed by atoms with Crippen LogP contribution in [-0.2, 0) is 4.79 Å². The molecule has 0 radical (unpaired) electrons. The van der Waals surface area contributed by atoms with Gasteiger partial charge in [-0.05, 0) is 32.1 Å². The normalized spacial score (nSPS) is 33.5. The van der Waals surface area contributed by atoms with Gasteiger partial charge in [0.15, 0.2) is 0 Å². The minimum atomic E-state index is 0.236. The van der Waals surface area contributed by atoms with Crippen LogP contribution in [0.1, 0.15) is 32.1 Å². The van der Waals surface area contributed by atoms with Crippen molar-refractivity contribution in [1.82, 2.24) is 15.5 Å². The van der Waals surface area contributed by atoms with Crippen LogP contribution in [-0.4, -0.2) is 35.2 Å².